The van der Waals surface area contributed by atoms with Crippen molar-refractivity contribution >= 4 is 5.69 Å². The molecule has 0 aromatic heterocycles. The predicted molar refractivity (Wildman–Crippen MR) is 79.8 cm³/mol. The van der Waals surface area contributed by atoms with Crippen molar-refractivity contribution in [1.29, 1.82) is 0 Å². The SMILES string of the molecule is Cc1cc(OC(C)C)ccc1NC(C1CC1)C1CC1. The smallest absolute Gasteiger partial charge is 0.120 e. The molecule has 2 aliphatic carbocycles. The van der Waals surface area contributed by atoms with Crippen LogP contribution in [0.2, 0.25) is 0 Å². The summed E-state index contributed by atoms with van der Waals surface area (Å²) in [6.45, 7) is 6.31. The molecule has 2 aliphatic rings. The fraction of sp³-hybridized carbons (Fsp3) is 0.647. The first-order chi connectivity index (χ1) is 9.13. The highest BCUT2D eigenvalue weighted by molar-refractivity contribution is 5.54. The third kappa shape index (κ3) is 3.23. The van der Waals surface area contributed by atoms with E-state index in [1.54, 1.807) is 0 Å². The maximum atomic E-state index is 5.75. The topological polar surface area (TPSA) is 21.3 Å². The summed E-state index contributed by atoms with van der Waals surface area (Å²) in [5.74, 6) is 2.84. The number of rotatable bonds is 6. The summed E-state index contributed by atoms with van der Waals surface area (Å²) in [7, 11) is 0. The number of hydrogen-bond donors (Lipinski definition) is 1. The van der Waals surface area contributed by atoms with E-state index in [-0.39, 0.29) is 6.10 Å². The van der Waals surface area contributed by atoms with E-state index in [2.05, 4.69) is 44.3 Å². The third-order valence-electron chi connectivity index (χ3n) is 4.15. The number of ether oxygens (including phenoxy) is 1. The van der Waals surface area contributed by atoms with Crippen molar-refractivity contribution < 1.29 is 4.74 Å². The van der Waals surface area contributed by atoms with Gasteiger partial charge < -0.3 is 10.1 Å². The van der Waals surface area contributed by atoms with Crippen molar-refractivity contribution in [2.45, 2.75) is 58.6 Å². The average Bonchev–Trinajstić information content (AvgIpc) is 3.21. The van der Waals surface area contributed by atoms with Gasteiger partial charge in [0.05, 0.1) is 6.10 Å². The molecule has 0 unspecified atom stereocenters. The molecule has 2 nitrogen and oxygen atoms in total. The third-order valence-corrected chi connectivity index (χ3v) is 4.15. The molecule has 104 valence electrons. The van der Waals surface area contributed by atoms with Gasteiger partial charge in [0.25, 0.3) is 0 Å². The Bertz CT molecular complexity index is 435. The molecule has 0 saturated heterocycles. The zero-order chi connectivity index (χ0) is 13.4. The van der Waals surface area contributed by atoms with Crippen LogP contribution in [0.3, 0.4) is 0 Å². The second-order valence-electron chi connectivity index (χ2n) is 6.49. The molecule has 2 saturated carbocycles. The molecule has 0 heterocycles. The zero-order valence-electron chi connectivity index (χ0n) is 12.3. The lowest BCUT2D eigenvalue weighted by Gasteiger charge is -2.21. The Morgan fingerprint density at radius 2 is 1.74 bits per heavy atom. The lowest BCUT2D eigenvalue weighted by molar-refractivity contribution is 0.242. The fourth-order valence-electron chi connectivity index (χ4n) is 2.85. The van der Waals surface area contributed by atoms with Gasteiger partial charge in [0.15, 0.2) is 0 Å². The van der Waals surface area contributed by atoms with Gasteiger partial charge in [-0.1, -0.05) is 0 Å². The van der Waals surface area contributed by atoms with E-state index in [1.807, 2.05) is 0 Å². The highest BCUT2D eigenvalue weighted by Crippen LogP contribution is 2.46. The number of benzene rings is 1. The molecule has 1 N–H and O–H groups in total. The maximum Gasteiger partial charge on any atom is 0.120 e. The normalized spacial score (nSPS) is 19.0. The van der Waals surface area contributed by atoms with Crippen LogP contribution < -0.4 is 10.1 Å². The summed E-state index contributed by atoms with van der Waals surface area (Å²) in [6.07, 6.45) is 5.91. The minimum atomic E-state index is 0.240. The standard InChI is InChI=1S/C17H25NO/c1-11(2)19-15-8-9-16(12(3)10-15)18-17(13-4-5-13)14-6-7-14/h8-11,13-14,17-18H,4-7H2,1-3H3. The van der Waals surface area contributed by atoms with Crippen LogP contribution in [0.25, 0.3) is 0 Å². The first-order valence-electron chi connectivity index (χ1n) is 7.67. The molecule has 0 spiro atoms. The van der Waals surface area contributed by atoms with Crippen molar-refractivity contribution in [3.8, 4) is 5.75 Å². The van der Waals surface area contributed by atoms with Gasteiger partial charge in [-0.3, -0.25) is 0 Å². The molecular formula is C17H25NO. The van der Waals surface area contributed by atoms with Crippen LogP contribution >= 0.6 is 0 Å². The van der Waals surface area contributed by atoms with Crippen molar-refractivity contribution in [3.63, 3.8) is 0 Å². The number of nitrogens with one attached hydrogen (secondary N) is 1. The van der Waals surface area contributed by atoms with E-state index in [0.29, 0.717) is 0 Å². The largest absolute Gasteiger partial charge is 0.491 e. The maximum absolute atomic E-state index is 5.75. The molecule has 0 radical (unpaired) electrons. The summed E-state index contributed by atoms with van der Waals surface area (Å²) < 4.78 is 5.75. The number of aryl methyl sites for hydroxylation is 1. The summed E-state index contributed by atoms with van der Waals surface area (Å²) in [6, 6.07) is 7.14. The van der Waals surface area contributed by atoms with Crippen LogP contribution in [0.4, 0.5) is 5.69 Å². The van der Waals surface area contributed by atoms with E-state index in [0.717, 1.165) is 23.6 Å². The Hall–Kier alpha value is -1.18. The van der Waals surface area contributed by atoms with Gasteiger partial charge in [0, 0.05) is 11.7 Å². The quantitative estimate of drug-likeness (QED) is 0.818. The van der Waals surface area contributed by atoms with Crippen LogP contribution in [0.15, 0.2) is 18.2 Å². The predicted octanol–water partition coefficient (Wildman–Crippen LogP) is 4.38. The summed E-state index contributed by atoms with van der Waals surface area (Å²) in [4.78, 5) is 0. The van der Waals surface area contributed by atoms with Gasteiger partial charge in [-0.2, -0.15) is 0 Å². The Morgan fingerprint density at radius 1 is 1.11 bits per heavy atom. The molecule has 0 bridgehead atoms. The van der Waals surface area contributed by atoms with E-state index in [1.165, 1.54) is 36.9 Å². The van der Waals surface area contributed by atoms with E-state index >= 15 is 0 Å². The minimum absolute atomic E-state index is 0.240. The van der Waals surface area contributed by atoms with Gasteiger partial charge in [-0.25, -0.2) is 0 Å². The van der Waals surface area contributed by atoms with Crippen molar-refractivity contribution in [2.24, 2.45) is 11.8 Å². The van der Waals surface area contributed by atoms with Crippen LogP contribution in [-0.2, 0) is 0 Å². The van der Waals surface area contributed by atoms with Crippen molar-refractivity contribution in [2.75, 3.05) is 5.32 Å². The van der Waals surface area contributed by atoms with Gasteiger partial charge in [-0.15, -0.1) is 0 Å². The van der Waals surface area contributed by atoms with E-state index in [4.69, 9.17) is 4.74 Å². The molecule has 3 rings (SSSR count). The van der Waals surface area contributed by atoms with Crippen molar-refractivity contribution in [3.05, 3.63) is 23.8 Å². The molecule has 0 aliphatic heterocycles. The lowest BCUT2D eigenvalue weighted by Crippen LogP contribution is -2.24. The average molecular weight is 259 g/mol. The lowest BCUT2D eigenvalue weighted by atomic mass is 10.1. The van der Waals surface area contributed by atoms with Crippen LogP contribution in [0.1, 0.15) is 45.1 Å². The van der Waals surface area contributed by atoms with Crippen LogP contribution in [0, 0.1) is 18.8 Å². The van der Waals surface area contributed by atoms with Gasteiger partial charge in [0.2, 0.25) is 0 Å². The van der Waals surface area contributed by atoms with Crippen molar-refractivity contribution in [1.82, 2.24) is 0 Å². The second-order valence-corrected chi connectivity index (χ2v) is 6.49. The Kier molecular flexibility index (Phi) is 3.42. The Balaban J connectivity index is 1.69. The fourth-order valence-corrected chi connectivity index (χ4v) is 2.85. The van der Waals surface area contributed by atoms with E-state index < -0.39 is 0 Å². The molecule has 1 aromatic carbocycles. The highest BCUT2D eigenvalue weighted by Gasteiger charge is 2.41. The molecule has 19 heavy (non-hydrogen) atoms. The van der Waals surface area contributed by atoms with Gasteiger partial charge >= 0.3 is 0 Å². The van der Waals surface area contributed by atoms with Gasteiger partial charge in [0.1, 0.15) is 5.75 Å². The Morgan fingerprint density at radius 3 is 2.21 bits per heavy atom. The first-order valence-corrected chi connectivity index (χ1v) is 7.67. The first kappa shape index (κ1) is 12.8. The van der Waals surface area contributed by atoms with Gasteiger partial charge in [-0.05, 0) is 82.1 Å². The molecule has 2 heteroatoms. The summed E-state index contributed by atoms with van der Waals surface area (Å²) in [5.41, 5.74) is 2.59. The summed E-state index contributed by atoms with van der Waals surface area (Å²) >= 11 is 0. The number of hydrogen-bond acceptors (Lipinski definition) is 2. The molecular weight excluding hydrogens is 234 g/mol. The summed E-state index contributed by atoms with van der Waals surface area (Å²) in [5, 5.41) is 3.80. The van der Waals surface area contributed by atoms with Crippen LogP contribution in [0.5, 0.6) is 5.75 Å². The molecule has 0 atom stereocenters. The second kappa shape index (κ2) is 5.07. The zero-order valence-corrected chi connectivity index (χ0v) is 12.3. The van der Waals surface area contributed by atoms with Crippen LogP contribution in [-0.4, -0.2) is 12.1 Å². The number of anilines is 1. The minimum Gasteiger partial charge on any atom is -0.491 e. The Labute approximate surface area is 116 Å². The monoisotopic (exact) mass is 259 g/mol. The highest BCUT2D eigenvalue weighted by atomic mass is 16.5. The molecule has 2 fully saturated rings. The molecule has 0 amide bonds. The van der Waals surface area contributed by atoms with E-state index in [9.17, 15) is 0 Å². The molecule has 1 aromatic rings.